The van der Waals surface area contributed by atoms with E-state index in [2.05, 4.69) is 41.2 Å². The van der Waals surface area contributed by atoms with Crippen LogP contribution in [0.2, 0.25) is 5.28 Å². The molecule has 0 spiro atoms. The standard InChI is InChI=1S/C14H12BrClN6S/c1-22(23-2)12-10(4-3-9-11(12)18-6-5-17-9)20-13-8(15)7-19-14(16)21-13/h3-7H,1-2H3,(H,19,20,21). The van der Waals surface area contributed by atoms with Crippen molar-refractivity contribution in [3.05, 3.63) is 40.5 Å². The molecule has 0 amide bonds. The maximum Gasteiger partial charge on any atom is 0.224 e. The zero-order valence-corrected chi connectivity index (χ0v) is 15.4. The van der Waals surface area contributed by atoms with Crippen LogP contribution in [0.4, 0.5) is 17.2 Å². The summed E-state index contributed by atoms with van der Waals surface area (Å²) >= 11 is 10.9. The first-order valence-corrected chi connectivity index (χ1v) is 8.92. The van der Waals surface area contributed by atoms with E-state index in [9.17, 15) is 0 Å². The zero-order valence-electron chi connectivity index (χ0n) is 12.3. The van der Waals surface area contributed by atoms with Gasteiger partial charge < -0.3 is 9.62 Å². The number of hydrogen-bond donors (Lipinski definition) is 1. The highest BCUT2D eigenvalue weighted by Crippen LogP contribution is 2.37. The fourth-order valence-corrected chi connectivity index (χ4v) is 2.88. The first-order chi connectivity index (χ1) is 11.1. The van der Waals surface area contributed by atoms with Crippen LogP contribution in [0.1, 0.15) is 0 Å². The lowest BCUT2D eigenvalue weighted by atomic mass is 10.2. The van der Waals surface area contributed by atoms with Crippen LogP contribution in [0.3, 0.4) is 0 Å². The minimum absolute atomic E-state index is 0.177. The Morgan fingerprint density at radius 2 is 2.00 bits per heavy atom. The summed E-state index contributed by atoms with van der Waals surface area (Å²) < 4.78 is 2.75. The minimum Gasteiger partial charge on any atom is -0.337 e. The number of halogens is 2. The summed E-state index contributed by atoms with van der Waals surface area (Å²) in [5.74, 6) is 0.587. The Hall–Kier alpha value is -1.64. The van der Waals surface area contributed by atoms with E-state index in [1.807, 2.05) is 29.7 Å². The molecule has 3 rings (SSSR count). The smallest absolute Gasteiger partial charge is 0.224 e. The largest absolute Gasteiger partial charge is 0.337 e. The zero-order chi connectivity index (χ0) is 16.4. The highest BCUT2D eigenvalue weighted by Gasteiger charge is 2.15. The molecule has 0 aliphatic carbocycles. The Bertz CT molecular complexity index is 862. The number of rotatable bonds is 4. The van der Waals surface area contributed by atoms with Crippen molar-refractivity contribution in [1.29, 1.82) is 0 Å². The van der Waals surface area contributed by atoms with Gasteiger partial charge in [-0.25, -0.2) is 4.98 Å². The molecule has 118 valence electrons. The van der Waals surface area contributed by atoms with Gasteiger partial charge in [0.2, 0.25) is 5.28 Å². The van der Waals surface area contributed by atoms with Crippen molar-refractivity contribution in [2.45, 2.75) is 0 Å². The molecule has 0 aliphatic rings. The second-order valence-corrected chi connectivity index (χ2v) is 6.63. The Morgan fingerprint density at radius 3 is 2.78 bits per heavy atom. The lowest BCUT2D eigenvalue weighted by molar-refractivity contribution is 1.15. The molecule has 2 aromatic heterocycles. The molecule has 0 saturated carbocycles. The summed E-state index contributed by atoms with van der Waals surface area (Å²) in [6.45, 7) is 0. The maximum absolute atomic E-state index is 5.89. The molecule has 23 heavy (non-hydrogen) atoms. The molecule has 1 aromatic carbocycles. The van der Waals surface area contributed by atoms with Gasteiger partial charge in [0.05, 0.1) is 21.4 Å². The summed E-state index contributed by atoms with van der Waals surface area (Å²) in [5.41, 5.74) is 3.41. The summed E-state index contributed by atoms with van der Waals surface area (Å²) in [7, 11) is 1.97. The van der Waals surface area contributed by atoms with Crippen LogP contribution in [-0.2, 0) is 0 Å². The molecule has 0 fully saturated rings. The van der Waals surface area contributed by atoms with Crippen LogP contribution in [0, 0.1) is 0 Å². The number of fused-ring (bicyclic) bond motifs is 1. The van der Waals surface area contributed by atoms with Gasteiger partial charge >= 0.3 is 0 Å². The summed E-state index contributed by atoms with van der Waals surface area (Å²) in [6.07, 6.45) is 6.97. The quantitative estimate of drug-likeness (QED) is 0.507. The number of aromatic nitrogens is 4. The van der Waals surface area contributed by atoms with Crippen molar-refractivity contribution >= 4 is 67.7 Å². The second kappa shape index (κ2) is 6.86. The molecule has 6 nitrogen and oxygen atoms in total. The molecule has 1 N–H and O–H groups in total. The Kier molecular flexibility index (Phi) is 4.84. The molecule has 0 radical (unpaired) electrons. The summed E-state index contributed by atoms with van der Waals surface area (Å²) in [6, 6.07) is 3.86. The average Bonchev–Trinajstić information content (AvgIpc) is 2.57. The van der Waals surface area contributed by atoms with Crippen LogP contribution >= 0.6 is 39.5 Å². The van der Waals surface area contributed by atoms with Crippen LogP contribution < -0.4 is 9.62 Å². The van der Waals surface area contributed by atoms with Gasteiger partial charge in [0.1, 0.15) is 11.3 Å². The molecule has 0 aliphatic heterocycles. The van der Waals surface area contributed by atoms with Crippen molar-refractivity contribution in [1.82, 2.24) is 19.9 Å². The number of hydrogen-bond acceptors (Lipinski definition) is 7. The van der Waals surface area contributed by atoms with E-state index in [0.29, 0.717) is 5.82 Å². The van der Waals surface area contributed by atoms with E-state index in [-0.39, 0.29) is 5.28 Å². The molecule has 0 saturated heterocycles. The van der Waals surface area contributed by atoms with Crippen molar-refractivity contribution in [3.63, 3.8) is 0 Å². The van der Waals surface area contributed by atoms with Gasteiger partial charge in [-0.05, 0) is 39.7 Å². The average molecular weight is 412 g/mol. The van der Waals surface area contributed by atoms with Crippen LogP contribution in [0.5, 0.6) is 0 Å². The van der Waals surface area contributed by atoms with Gasteiger partial charge in [0, 0.05) is 31.9 Å². The lowest BCUT2D eigenvalue weighted by Crippen LogP contribution is -2.10. The Labute approximate surface area is 151 Å². The fourth-order valence-electron chi connectivity index (χ4n) is 2.09. The van der Waals surface area contributed by atoms with Gasteiger partial charge in [-0.3, -0.25) is 9.97 Å². The number of nitrogens with one attached hydrogen (secondary N) is 1. The van der Waals surface area contributed by atoms with Gasteiger partial charge in [-0.15, -0.1) is 0 Å². The fraction of sp³-hybridized carbons (Fsp3) is 0.143. The Morgan fingerprint density at radius 1 is 1.22 bits per heavy atom. The molecule has 0 atom stereocenters. The van der Waals surface area contributed by atoms with E-state index in [1.54, 1.807) is 30.5 Å². The van der Waals surface area contributed by atoms with Crippen molar-refractivity contribution in [2.24, 2.45) is 0 Å². The Balaban J connectivity index is 2.15. The molecule has 2 heterocycles. The van der Waals surface area contributed by atoms with Crippen molar-refractivity contribution in [2.75, 3.05) is 22.9 Å². The number of benzene rings is 1. The maximum atomic E-state index is 5.89. The predicted octanol–water partition coefficient (Wildman–Crippen LogP) is 4.29. The minimum atomic E-state index is 0.177. The normalized spacial score (nSPS) is 10.8. The number of nitrogens with zero attached hydrogens (tertiary/aromatic N) is 5. The monoisotopic (exact) mass is 410 g/mol. The van der Waals surface area contributed by atoms with Crippen molar-refractivity contribution < 1.29 is 0 Å². The van der Waals surface area contributed by atoms with Crippen LogP contribution in [0.25, 0.3) is 11.0 Å². The second-order valence-electron chi connectivity index (χ2n) is 4.53. The third-order valence-electron chi connectivity index (χ3n) is 3.17. The third kappa shape index (κ3) is 3.34. The van der Waals surface area contributed by atoms with E-state index in [1.165, 1.54) is 0 Å². The van der Waals surface area contributed by atoms with Gasteiger partial charge in [-0.2, -0.15) is 4.98 Å². The molecular weight excluding hydrogens is 400 g/mol. The predicted molar refractivity (Wildman–Crippen MR) is 99.5 cm³/mol. The topological polar surface area (TPSA) is 66.8 Å². The third-order valence-corrected chi connectivity index (χ3v) is 4.66. The van der Waals surface area contributed by atoms with Crippen LogP contribution in [-0.4, -0.2) is 33.2 Å². The molecule has 9 heteroatoms. The van der Waals surface area contributed by atoms with E-state index in [4.69, 9.17) is 11.6 Å². The molecule has 3 aromatic rings. The van der Waals surface area contributed by atoms with Gasteiger partial charge in [-0.1, -0.05) is 11.9 Å². The molecular formula is C14H12BrClN6S. The van der Waals surface area contributed by atoms with E-state index < -0.39 is 0 Å². The van der Waals surface area contributed by atoms with E-state index in [0.717, 1.165) is 26.9 Å². The van der Waals surface area contributed by atoms with Gasteiger partial charge in [0.25, 0.3) is 0 Å². The first-order valence-electron chi connectivity index (χ1n) is 6.56. The first kappa shape index (κ1) is 16.2. The van der Waals surface area contributed by atoms with Crippen molar-refractivity contribution in [3.8, 4) is 0 Å². The summed E-state index contributed by atoms with van der Waals surface area (Å²) in [4.78, 5) is 17.0. The van der Waals surface area contributed by atoms with Gasteiger partial charge in [0.15, 0.2) is 0 Å². The van der Waals surface area contributed by atoms with E-state index >= 15 is 0 Å². The highest BCUT2D eigenvalue weighted by atomic mass is 79.9. The molecule has 0 unspecified atom stereocenters. The van der Waals surface area contributed by atoms with Crippen LogP contribution in [0.15, 0.2) is 35.2 Å². The lowest BCUT2D eigenvalue weighted by Gasteiger charge is -2.21. The highest BCUT2D eigenvalue weighted by molar-refractivity contribution is 9.10. The SMILES string of the molecule is CSN(C)c1c(Nc2nc(Cl)ncc2Br)ccc2nccnc12. The number of anilines is 3. The molecule has 0 bridgehead atoms. The summed E-state index contributed by atoms with van der Waals surface area (Å²) in [5, 5.41) is 3.46.